The van der Waals surface area contributed by atoms with Crippen LogP contribution in [0.25, 0.3) is 22.2 Å². The van der Waals surface area contributed by atoms with E-state index in [1.807, 2.05) is 13.1 Å². The zero-order chi connectivity index (χ0) is 16.8. The van der Waals surface area contributed by atoms with Crippen LogP contribution in [0.3, 0.4) is 0 Å². The Kier molecular flexibility index (Phi) is 3.20. The Morgan fingerprint density at radius 3 is 2.64 bits per heavy atom. The topological polar surface area (TPSA) is 30.7 Å². The second-order valence-corrected chi connectivity index (χ2v) is 6.75. The fraction of sp³-hybridized carbons (Fsp3) is 0.182. The number of hydrogen-bond donors (Lipinski definition) is 0. The lowest BCUT2D eigenvalue weighted by Crippen LogP contribution is -2.05. The number of aryl methyl sites for hydroxylation is 2. The number of hydrogen-bond acceptors (Lipinski definition) is 2. The van der Waals surface area contributed by atoms with E-state index in [9.17, 15) is 0 Å². The summed E-state index contributed by atoms with van der Waals surface area (Å²) in [6.45, 7) is 2.03. The third-order valence-corrected chi connectivity index (χ3v) is 5.13. The summed E-state index contributed by atoms with van der Waals surface area (Å²) in [5.41, 5.74) is 7.15. The van der Waals surface area contributed by atoms with Gasteiger partial charge in [-0.2, -0.15) is 0 Å². The molecule has 4 aromatic rings. The van der Waals surface area contributed by atoms with Crippen LogP contribution in [0.2, 0.25) is 0 Å². The van der Waals surface area contributed by atoms with Crippen molar-refractivity contribution >= 4 is 11.0 Å². The molecule has 1 unspecified atom stereocenters. The molecule has 3 nitrogen and oxygen atoms in total. The molecule has 122 valence electrons. The van der Waals surface area contributed by atoms with Gasteiger partial charge < -0.3 is 4.57 Å². The first-order valence-electron chi connectivity index (χ1n) is 8.78. The van der Waals surface area contributed by atoms with Crippen LogP contribution in [0, 0.1) is 6.92 Å². The number of aromatic nitrogens is 3. The van der Waals surface area contributed by atoms with Crippen LogP contribution in [0.4, 0.5) is 0 Å². The molecule has 2 aromatic heterocycles. The highest BCUT2D eigenvalue weighted by Crippen LogP contribution is 2.36. The summed E-state index contributed by atoms with van der Waals surface area (Å²) in [6.07, 6.45) is 4.04. The molecule has 3 heterocycles. The average molecular weight is 325 g/mol. The van der Waals surface area contributed by atoms with Gasteiger partial charge in [-0.15, -0.1) is 0 Å². The van der Waals surface area contributed by atoms with E-state index >= 15 is 0 Å². The maximum absolute atomic E-state index is 4.87. The van der Waals surface area contributed by atoms with E-state index in [4.69, 9.17) is 4.98 Å². The quantitative estimate of drug-likeness (QED) is 0.522. The number of imidazole rings is 1. The van der Waals surface area contributed by atoms with Gasteiger partial charge in [0.05, 0.1) is 17.1 Å². The van der Waals surface area contributed by atoms with Crippen LogP contribution >= 0.6 is 0 Å². The van der Waals surface area contributed by atoms with Gasteiger partial charge in [0.2, 0.25) is 0 Å². The minimum atomic E-state index is 0.385. The van der Waals surface area contributed by atoms with Crippen LogP contribution in [0.1, 0.15) is 29.5 Å². The summed E-state index contributed by atoms with van der Waals surface area (Å²) in [5, 5.41) is 0. The van der Waals surface area contributed by atoms with Crippen LogP contribution in [0.15, 0.2) is 66.9 Å². The fourth-order valence-corrected chi connectivity index (χ4v) is 3.96. The molecule has 5 rings (SSSR count). The van der Waals surface area contributed by atoms with Gasteiger partial charge in [-0.3, -0.25) is 4.98 Å². The Morgan fingerprint density at radius 2 is 1.80 bits per heavy atom. The van der Waals surface area contributed by atoms with E-state index < -0.39 is 0 Å². The standard InChI is InChI=1S/C22H19N3/c1-15-13-18(11-12-23-15)17-7-8-19-21(14-17)25-20(9-10-22(25)24-19)16-5-3-2-4-6-16/h2-8,11-14,20H,9-10H2,1H3. The number of pyridine rings is 1. The highest BCUT2D eigenvalue weighted by Gasteiger charge is 2.26. The SMILES string of the molecule is Cc1cc(-c2ccc3nc4n(c3c2)C(c2ccccc2)CC4)ccn1. The van der Waals surface area contributed by atoms with Crippen molar-refractivity contribution in [3.05, 3.63) is 83.9 Å². The normalized spacial score (nSPS) is 16.3. The highest BCUT2D eigenvalue weighted by atomic mass is 15.1. The molecule has 0 fully saturated rings. The van der Waals surface area contributed by atoms with Gasteiger partial charge in [0.25, 0.3) is 0 Å². The van der Waals surface area contributed by atoms with Gasteiger partial charge in [0.15, 0.2) is 0 Å². The van der Waals surface area contributed by atoms with Gasteiger partial charge in [-0.1, -0.05) is 36.4 Å². The zero-order valence-electron chi connectivity index (χ0n) is 14.2. The third kappa shape index (κ3) is 2.35. The van der Waals surface area contributed by atoms with Crippen molar-refractivity contribution in [1.29, 1.82) is 0 Å². The predicted molar refractivity (Wildman–Crippen MR) is 101 cm³/mol. The monoisotopic (exact) mass is 325 g/mol. The molecule has 0 spiro atoms. The Morgan fingerprint density at radius 1 is 0.960 bits per heavy atom. The Labute approximate surface area is 147 Å². The van der Waals surface area contributed by atoms with Gasteiger partial charge in [0.1, 0.15) is 5.82 Å². The first-order valence-corrected chi connectivity index (χ1v) is 8.78. The lowest BCUT2D eigenvalue weighted by molar-refractivity contribution is 0.637. The minimum absolute atomic E-state index is 0.385. The van der Waals surface area contributed by atoms with Crippen molar-refractivity contribution in [1.82, 2.24) is 14.5 Å². The van der Waals surface area contributed by atoms with Crippen molar-refractivity contribution in [2.24, 2.45) is 0 Å². The Balaban J connectivity index is 1.68. The second-order valence-electron chi connectivity index (χ2n) is 6.75. The summed E-state index contributed by atoms with van der Waals surface area (Å²) in [4.78, 5) is 9.18. The van der Waals surface area contributed by atoms with Crippen molar-refractivity contribution in [2.45, 2.75) is 25.8 Å². The van der Waals surface area contributed by atoms with Gasteiger partial charge in [-0.05, 0) is 54.3 Å². The third-order valence-electron chi connectivity index (χ3n) is 5.13. The lowest BCUT2D eigenvalue weighted by Gasteiger charge is -2.15. The molecule has 0 saturated carbocycles. The summed E-state index contributed by atoms with van der Waals surface area (Å²) in [6, 6.07) is 22.0. The molecule has 0 aliphatic carbocycles. The van der Waals surface area contributed by atoms with E-state index in [1.54, 1.807) is 0 Å². The molecule has 1 aliphatic heterocycles. The minimum Gasteiger partial charge on any atom is -0.320 e. The molecular weight excluding hydrogens is 306 g/mol. The molecule has 2 aromatic carbocycles. The number of fused-ring (bicyclic) bond motifs is 3. The summed E-state index contributed by atoms with van der Waals surface area (Å²) < 4.78 is 2.43. The number of benzene rings is 2. The smallest absolute Gasteiger partial charge is 0.110 e. The molecular formula is C22H19N3. The molecule has 0 radical (unpaired) electrons. The van der Waals surface area contributed by atoms with Gasteiger partial charge >= 0.3 is 0 Å². The van der Waals surface area contributed by atoms with E-state index in [-0.39, 0.29) is 0 Å². The maximum atomic E-state index is 4.87. The largest absolute Gasteiger partial charge is 0.320 e. The number of nitrogens with zero attached hydrogens (tertiary/aromatic N) is 3. The van der Waals surface area contributed by atoms with E-state index in [2.05, 4.69) is 70.2 Å². The van der Waals surface area contributed by atoms with Gasteiger partial charge in [-0.25, -0.2) is 4.98 Å². The Hall–Kier alpha value is -2.94. The molecule has 1 aliphatic rings. The molecule has 25 heavy (non-hydrogen) atoms. The fourth-order valence-electron chi connectivity index (χ4n) is 3.96. The van der Waals surface area contributed by atoms with Crippen molar-refractivity contribution < 1.29 is 0 Å². The van der Waals surface area contributed by atoms with Crippen molar-refractivity contribution in [2.75, 3.05) is 0 Å². The van der Waals surface area contributed by atoms with Crippen LogP contribution < -0.4 is 0 Å². The van der Waals surface area contributed by atoms with Crippen molar-refractivity contribution in [3.63, 3.8) is 0 Å². The lowest BCUT2D eigenvalue weighted by atomic mass is 10.0. The summed E-state index contributed by atoms with van der Waals surface area (Å²) >= 11 is 0. The maximum Gasteiger partial charge on any atom is 0.110 e. The predicted octanol–water partition coefficient (Wildman–Crippen LogP) is 4.94. The molecule has 0 saturated heterocycles. The molecule has 0 amide bonds. The highest BCUT2D eigenvalue weighted by molar-refractivity contribution is 5.83. The average Bonchev–Trinajstić information content (AvgIpc) is 3.21. The number of rotatable bonds is 2. The molecule has 0 N–H and O–H groups in total. The molecule has 0 bridgehead atoms. The summed E-state index contributed by atoms with van der Waals surface area (Å²) in [7, 11) is 0. The van der Waals surface area contributed by atoms with Gasteiger partial charge in [0, 0.05) is 18.3 Å². The van der Waals surface area contributed by atoms with Crippen LogP contribution in [-0.4, -0.2) is 14.5 Å². The second kappa shape index (κ2) is 5.55. The Bertz CT molecular complexity index is 1060. The molecule has 3 heteroatoms. The van der Waals surface area contributed by atoms with Crippen LogP contribution in [0.5, 0.6) is 0 Å². The molecule has 1 atom stereocenters. The summed E-state index contributed by atoms with van der Waals surface area (Å²) in [5.74, 6) is 1.20. The first-order chi connectivity index (χ1) is 12.3. The zero-order valence-corrected chi connectivity index (χ0v) is 14.2. The van der Waals surface area contributed by atoms with E-state index in [0.717, 1.165) is 24.1 Å². The van der Waals surface area contributed by atoms with E-state index in [0.29, 0.717) is 6.04 Å². The van der Waals surface area contributed by atoms with Crippen molar-refractivity contribution in [3.8, 4) is 11.1 Å². The van der Waals surface area contributed by atoms with Crippen LogP contribution in [-0.2, 0) is 6.42 Å². The van der Waals surface area contributed by atoms with E-state index in [1.165, 1.54) is 28.0 Å². The first kappa shape index (κ1) is 14.4.